The van der Waals surface area contributed by atoms with E-state index in [1.165, 1.54) is 49.3 Å². The van der Waals surface area contributed by atoms with E-state index in [9.17, 15) is 0 Å². The first kappa shape index (κ1) is 16.0. The van der Waals surface area contributed by atoms with Crippen molar-refractivity contribution in [3.8, 4) is 18.0 Å². The molecule has 0 radical (unpaired) electrons. The van der Waals surface area contributed by atoms with Crippen LogP contribution in [0.5, 0.6) is 0 Å². The van der Waals surface area contributed by atoms with Crippen LogP contribution in [0.1, 0.15) is 0 Å². The highest BCUT2D eigenvalue weighted by atomic mass is 15.0. The van der Waals surface area contributed by atoms with E-state index >= 15 is 0 Å². The quantitative estimate of drug-likeness (QED) is 0.307. The largest absolute Gasteiger partial charge is 0.329 e. The van der Waals surface area contributed by atoms with Crippen LogP contribution in [0, 0.1) is 12.3 Å². The standard InChI is InChI=1S/C27H18N2/c1-2-17-28-24-12-6-3-11-22(24)23-18-19(15-16-25(23)28)29-26-13-7-4-9-20(26)21-10-5-8-14-27(21)29/h1,3-16,18H,17H2. The maximum Gasteiger partial charge on any atom is 0.0841 e. The summed E-state index contributed by atoms with van der Waals surface area (Å²) in [5.74, 6) is 2.80. The first-order chi connectivity index (χ1) is 14.4. The minimum absolute atomic E-state index is 0.568. The molecule has 0 atom stereocenters. The summed E-state index contributed by atoms with van der Waals surface area (Å²) in [5.41, 5.74) is 5.97. The maximum absolute atomic E-state index is 5.66. The fraction of sp³-hybridized carbons (Fsp3) is 0.0370. The molecule has 0 spiro atoms. The zero-order valence-corrected chi connectivity index (χ0v) is 15.8. The summed E-state index contributed by atoms with van der Waals surface area (Å²) < 4.78 is 4.58. The molecule has 6 aromatic rings. The van der Waals surface area contributed by atoms with Gasteiger partial charge in [0.05, 0.1) is 23.1 Å². The molecule has 0 saturated heterocycles. The summed E-state index contributed by atoms with van der Waals surface area (Å²) in [4.78, 5) is 0. The molecule has 0 N–H and O–H groups in total. The molecule has 0 unspecified atom stereocenters. The average molecular weight is 370 g/mol. The van der Waals surface area contributed by atoms with Crippen molar-refractivity contribution in [2.24, 2.45) is 0 Å². The molecule has 0 aliphatic carbocycles. The Balaban J connectivity index is 1.73. The molecule has 2 heterocycles. The van der Waals surface area contributed by atoms with Crippen molar-refractivity contribution >= 4 is 43.6 Å². The second kappa shape index (κ2) is 6.02. The first-order valence-corrected chi connectivity index (χ1v) is 9.80. The summed E-state index contributed by atoms with van der Waals surface area (Å²) in [6.07, 6.45) is 5.66. The van der Waals surface area contributed by atoms with Crippen LogP contribution in [0.25, 0.3) is 49.3 Å². The summed E-state index contributed by atoms with van der Waals surface area (Å²) in [6, 6.07) is 32.4. The molecular formula is C27H18N2. The molecule has 136 valence electrons. The normalized spacial score (nSPS) is 11.6. The zero-order chi connectivity index (χ0) is 19.4. The van der Waals surface area contributed by atoms with Gasteiger partial charge in [0.1, 0.15) is 0 Å². The third-order valence-corrected chi connectivity index (χ3v) is 5.84. The molecule has 2 heteroatoms. The molecule has 4 aromatic carbocycles. The Bertz CT molecular complexity index is 1530. The number of para-hydroxylation sites is 3. The van der Waals surface area contributed by atoms with Crippen molar-refractivity contribution in [3.05, 3.63) is 91.0 Å². The van der Waals surface area contributed by atoms with Crippen LogP contribution >= 0.6 is 0 Å². The van der Waals surface area contributed by atoms with Crippen molar-refractivity contribution < 1.29 is 0 Å². The number of nitrogens with zero attached hydrogens (tertiary/aromatic N) is 2. The van der Waals surface area contributed by atoms with Gasteiger partial charge in [0.15, 0.2) is 0 Å². The van der Waals surface area contributed by atoms with Gasteiger partial charge in [-0.25, -0.2) is 0 Å². The van der Waals surface area contributed by atoms with Crippen LogP contribution in [-0.4, -0.2) is 9.13 Å². The van der Waals surface area contributed by atoms with Gasteiger partial charge in [0, 0.05) is 32.7 Å². The van der Waals surface area contributed by atoms with E-state index in [0.29, 0.717) is 6.54 Å². The number of hydrogen-bond acceptors (Lipinski definition) is 0. The van der Waals surface area contributed by atoms with Crippen molar-refractivity contribution in [1.82, 2.24) is 9.13 Å². The molecule has 6 rings (SSSR count). The second-order valence-electron chi connectivity index (χ2n) is 7.38. The summed E-state index contributed by atoms with van der Waals surface area (Å²) in [7, 11) is 0. The van der Waals surface area contributed by atoms with Crippen LogP contribution in [0.3, 0.4) is 0 Å². The van der Waals surface area contributed by atoms with Crippen molar-refractivity contribution in [3.63, 3.8) is 0 Å². The van der Waals surface area contributed by atoms with Crippen LogP contribution in [0.15, 0.2) is 91.0 Å². The number of terminal acetylenes is 1. The van der Waals surface area contributed by atoms with Gasteiger partial charge >= 0.3 is 0 Å². The lowest BCUT2D eigenvalue weighted by atomic mass is 10.1. The molecule has 2 aromatic heterocycles. The highest BCUT2D eigenvalue weighted by Crippen LogP contribution is 2.35. The Morgan fingerprint density at radius 1 is 0.586 bits per heavy atom. The SMILES string of the molecule is C#CCn1c2ccccc2c2cc(-n3c4ccccc4c4ccccc43)ccc21. The van der Waals surface area contributed by atoms with Crippen LogP contribution in [0.2, 0.25) is 0 Å². The first-order valence-electron chi connectivity index (χ1n) is 9.80. The van der Waals surface area contributed by atoms with Gasteiger partial charge in [-0.05, 0) is 36.4 Å². The summed E-state index contributed by atoms with van der Waals surface area (Å²) >= 11 is 0. The van der Waals surface area contributed by atoms with Crippen molar-refractivity contribution in [2.45, 2.75) is 6.54 Å². The third-order valence-electron chi connectivity index (χ3n) is 5.84. The maximum atomic E-state index is 5.66. The van der Waals surface area contributed by atoms with Gasteiger partial charge in [0.2, 0.25) is 0 Å². The number of hydrogen-bond donors (Lipinski definition) is 0. The lowest BCUT2D eigenvalue weighted by Gasteiger charge is -2.09. The van der Waals surface area contributed by atoms with Crippen molar-refractivity contribution in [1.29, 1.82) is 0 Å². The number of benzene rings is 4. The van der Waals surface area contributed by atoms with E-state index < -0.39 is 0 Å². The van der Waals surface area contributed by atoms with Gasteiger partial charge < -0.3 is 9.13 Å². The molecule has 29 heavy (non-hydrogen) atoms. The third kappa shape index (κ3) is 2.19. The number of rotatable bonds is 2. The average Bonchev–Trinajstić information content (AvgIpc) is 3.27. The van der Waals surface area contributed by atoms with Gasteiger partial charge in [-0.1, -0.05) is 60.5 Å². The predicted molar refractivity (Wildman–Crippen MR) is 123 cm³/mol. The predicted octanol–water partition coefficient (Wildman–Crippen LogP) is 6.52. The Hall–Kier alpha value is -3.96. The van der Waals surface area contributed by atoms with E-state index in [2.05, 4.69) is 106 Å². The molecule has 0 aliphatic heterocycles. The van der Waals surface area contributed by atoms with Crippen LogP contribution in [-0.2, 0) is 6.54 Å². The molecule has 0 fully saturated rings. The molecule has 0 bridgehead atoms. The Morgan fingerprint density at radius 2 is 1.10 bits per heavy atom. The minimum atomic E-state index is 0.568. The molecule has 0 saturated carbocycles. The Kier molecular flexibility index (Phi) is 3.33. The monoisotopic (exact) mass is 370 g/mol. The van der Waals surface area contributed by atoms with E-state index in [1.807, 2.05) is 0 Å². The van der Waals surface area contributed by atoms with Gasteiger partial charge in [-0.15, -0.1) is 6.42 Å². The summed E-state index contributed by atoms with van der Waals surface area (Å²) in [5, 5.41) is 5.02. The van der Waals surface area contributed by atoms with Crippen LogP contribution in [0.4, 0.5) is 0 Å². The van der Waals surface area contributed by atoms with Gasteiger partial charge in [-0.3, -0.25) is 0 Å². The lowest BCUT2D eigenvalue weighted by Crippen LogP contribution is -1.96. The smallest absolute Gasteiger partial charge is 0.0841 e. The van der Waals surface area contributed by atoms with E-state index in [1.54, 1.807) is 0 Å². The highest BCUT2D eigenvalue weighted by Gasteiger charge is 2.14. The van der Waals surface area contributed by atoms with Crippen molar-refractivity contribution in [2.75, 3.05) is 0 Å². The fourth-order valence-corrected chi connectivity index (χ4v) is 4.64. The van der Waals surface area contributed by atoms with Gasteiger partial charge in [0.25, 0.3) is 0 Å². The molecular weight excluding hydrogens is 352 g/mol. The van der Waals surface area contributed by atoms with E-state index in [-0.39, 0.29) is 0 Å². The fourth-order valence-electron chi connectivity index (χ4n) is 4.64. The Labute approximate surface area is 168 Å². The summed E-state index contributed by atoms with van der Waals surface area (Å²) in [6.45, 7) is 0.568. The van der Waals surface area contributed by atoms with Crippen LogP contribution < -0.4 is 0 Å². The Morgan fingerprint density at radius 3 is 1.72 bits per heavy atom. The number of fused-ring (bicyclic) bond motifs is 6. The van der Waals surface area contributed by atoms with E-state index in [4.69, 9.17) is 6.42 Å². The molecule has 0 amide bonds. The van der Waals surface area contributed by atoms with E-state index in [0.717, 1.165) is 0 Å². The molecule has 0 aliphatic rings. The molecule has 2 nitrogen and oxygen atoms in total. The van der Waals surface area contributed by atoms with Gasteiger partial charge in [-0.2, -0.15) is 0 Å². The minimum Gasteiger partial charge on any atom is -0.329 e. The topological polar surface area (TPSA) is 9.86 Å². The zero-order valence-electron chi connectivity index (χ0n) is 15.8. The number of aromatic nitrogens is 2. The second-order valence-corrected chi connectivity index (χ2v) is 7.38. The highest BCUT2D eigenvalue weighted by molar-refractivity contribution is 6.11. The lowest BCUT2D eigenvalue weighted by molar-refractivity contribution is 0.924.